The van der Waals surface area contributed by atoms with Gasteiger partial charge in [0.1, 0.15) is 5.75 Å². The lowest BCUT2D eigenvalue weighted by Crippen LogP contribution is -2.30. The average Bonchev–Trinajstić information content (AvgIpc) is 3.36. The van der Waals surface area contributed by atoms with Crippen LogP contribution in [0.2, 0.25) is 0 Å². The molecule has 2 N–H and O–H groups in total. The standard InChI is InChI=1S/C19H21N3O4/c1-26-12-7-5-11(6-8-12)14-9-22(10-15(14)19(24)25)18(23)17-13-3-2-4-16(13)20-21-17/h5-8,14-15H,2-4,9-10H2,1H3,(H,20,21)(H,24,25)/t14-,15+/m0/s1. The Kier molecular flexibility index (Phi) is 4.14. The Bertz CT molecular complexity index is 843. The number of amides is 1. The van der Waals surface area contributed by atoms with Crippen LogP contribution in [0.15, 0.2) is 24.3 Å². The van der Waals surface area contributed by atoms with Crippen LogP contribution in [0.5, 0.6) is 5.75 Å². The van der Waals surface area contributed by atoms with Crippen LogP contribution in [-0.4, -0.2) is 52.3 Å². The molecule has 2 heterocycles. The number of carboxylic acids is 1. The number of aliphatic carboxylic acids is 1. The highest BCUT2D eigenvalue weighted by Crippen LogP contribution is 2.35. The number of carbonyl (C=O) groups excluding carboxylic acids is 1. The summed E-state index contributed by atoms with van der Waals surface area (Å²) in [6.45, 7) is 0.580. The molecule has 26 heavy (non-hydrogen) atoms. The smallest absolute Gasteiger partial charge is 0.308 e. The van der Waals surface area contributed by atoms with Crippen molar-refractivity contribution in [2.75, 3.05) is 20.2 Å². The fourth-order valence-electron chi connectivity index (χ4n) is 4.05. The fourth-order valence-corrected chi connectivity index (χ4v) is 4.05. The first-order valence-electron chi connectivity index (χ1n) is 8.80. The van der Waals surface area contributed by atoms with Gasteiger partial charge in [0.05, 0.1) is 13.0 Å². The van der Waals surface area contributed by atoms with Gasteiger partial charge in [0.15, 0.2) is 5.69 Å². The Morgan fingerprint density at radius 1 is 1.23 bits per heavy atom. The van der Waals surface area contributed by atoms with Gasteiger partial charge >= 0.3 is 5.97 Å². The highest BCUT2D eigenvalue weighted by molar-refractivity contribution is 5.95. The number of aryl methyl sites for hydroxylation is 1. The van der Waals surface area contributed by atoms with Gasteiger partial charge < -0.3 is 14.7 Å². The fraction of sp³-hybridized carbons (Fsp3) is 0.421. The number of nitrogens with zero attached hydrogens (tertiary/aromatic N) is 2. The van der Waals surface area contributed by atoms with E-state index in [1.165, 1.54) is 0 Å². The van der Waals surface area contributed by atoms with E-state index in [4.69, 9.17) is 4.74 Å². The molecule has 136 valence electrons. The maximum atomic E-state index is 12.9. The molecule has 0 spiro atoms. The monoisotopic (exact) mass is 355 g/mol. The van der Waals surface area contributed by atoms with Crippen molar-refractivity contribution in [2.24, 2.45) is 5.92 Å². The number of rotatable bonds is 4. The zero-order valence-electron chi connectivity index (χ0n) is 14.6. The first-order valence-corrected chi connectivity index (χ1v) is 8.80. The first kappa shape index (κ1) is 16.6. The van der Waals surface area contributed by atoms with Crippen LogP contribution >= 0.6 is 0 Å². The van der Waals surface area contributed by atoms with E-state index in [-0.39, 0.29) is 18.4 Å². The molecule has 0 saturated carbocycles. The molecule has 1 aromatic carbocycles. The zero-order chi connectivity index (χ0) is 18.3. The maximum Gasteiger partial charge on any atom is 0.308 e. The molecule has 0 unspecified atom stereocenters. The van der Waals surface area contributed by atoms with E-state index < -0.39 is 11.9 Å². The molecule has 4 rings (SSSR count). The molecule has 1 fully saturated rings. The van der Waals surface area contributed by atoms with Crippen LogP contribution < -0.4 is 4.74 Å². The third-order valence-electron chi connectivity index (χ3n) is 5.48. The van der Waals surface area contributed by atoms with Crippen molar-refractivity contribution < 1.29 is 19.4 Å². The number of methoxy groups -OCH3 is 1. The summed E-state index contributed by atoms with van der Waals surface area (Å²) in [4.78, 5) is 26.3. The molecule has 0 radical (unpaired) electrons. The number of aromatic amines is 1. The van der Waals surface area contributed by atoms with Crippen LogP contribution in [0.3, 0.4) is 0 Å². The Morgan fingerprint density at radius 3 is 2.69 bits per heavy atom. The Hall–Kier alpha value is -2.83. The van der Waals surface area contributed by atoms with Crippen molar-refractivity contribution in [3.05, 3.63) is 46.8 Å². The van der Waals surface area contributed by atoms with Crippen LogP contribution in [0.25, 0.3) is 0 Å². The summed E-state index contributed by atoms with van der Waals surface area (Å²) in [6, 6.07) is 7.39. The first-order chi connectivity index (χ1) is 12.6. The van der Waals surface area contributed by atoms with E-state index >= 15 is 0 Å². The molecule has 7 heteroatoms. The molecule has 2 aromatic rings. The van der Waals surface area contributed by atoms with Crippen LogP contribution in [0, 0.1) is 5.92 Å². The molecular formula is C19H21N3O4. The van der Waals surface area contributed by atoms with Gasteiger partial charge in [-0.1, -0.05) is 12.1 Å². The summed E-state index contributed by atoms with van der Waals surface area (Å²) in [5.74, 6) is -1.20. The number of nitrogens with one attached hydrogen (secondary N) is 1. The highest BCUT2D eigenvalue weighted by atomic mass is 16.5. The number of carbonyl (C=O) groups is 2. The predicted molar refractivity (Wildman–Crippen MR) is 93.4 cm³/mol. The summed E-state index contributed by atoms with van der Waals surface area (Å²) in [6.07, 6.45) is 2.79. The zero-order valence-corrected chi connectivity index (χ0v) is 14.6. The number of ether oxygens (including phenoxy) is 1. The highest BCUT2D eigenvalue weighted by Gasteiger charge is 2.41. The molecule has 1 aliphatic heterocycles. The third kappa shape index (κ3) is 2.73. The lowest BCUT2D eigenvalue weighted by Gasteiger charge is -2.16. The number of carboxylic acid groups (broad SMARTS) is 1. The van der Waals surface area contributed by atoms with E-state index in [9.17, 15) is 14.7 Å². The van der Waals surface area contributed by atoms with Gasteiger partial charge in [-0.05, 0) is 37.0 Å². The Labute approximate surface area is 151 Å². The normalized spacial score (nSPS) is 21.7. The summed E-state index contributed by atoms with van der Waals surface area (Å²) in [5, 5.41) is 16.8. The minimum Gasteiger partial charge on any atom is -0.497 e. The molecule has 1 aromatic heterocycles. The number of hydrogen-bond donors (Lipinski definition) is 2. The molecule has 1 saturated heterocycles. The predicted octanol–water partition coefficient (Wildman–Crippen LogP) is 1.85. The number of likely N-dealkylation sites (tertiary alicyclic amines) is 1. The van der Waals surface area contributed by atoms with Gasteiger partial charge in [0, 0.05) is 30.3 Å². The van der Waals surface area contributed by atoms with Gasteiger partial charge in [-0.3, -0.25) is 14.7 Å². The molecule has 2 atom stereocenters. The van der Waals surface area contributed by atoms with Crippen molar-refractivity contribution in [2.45, 2.75) is 25.2 Å². The lowest BCUT2D eigenvalue weighted by atomic mass is 9.89. The van der Waals surface area contributed by atoms with Crippen molar-refractivity contribution in [3.8, 4) is 5.75 Å². The van der Waals surface area contributed by atoms with Crippen molar-refractivity contribution in [1.29, 1.82) is 0 Å². The number of hydrogen-bond acceptors (Lipinski definition) is 4. The number of H-pyrrole nitrogens is 1. The molecule has 2 aliphatic rings. The van der Waals surface area contributed by atoms with Gasteiger partial charge in [-0.2, -0.15) is 5.10 Å². The number of fused-ring (bicyclic) bond motifs is 1. The molecular weight excluding hydrogens is 334 g/mol. The molecule has 0 bridgehead atoms. The minimum atomic E-state index is -0.881. The second-order valence-electron chi connectivity index (χ2n) is 6.92. The van der Waals surface area contributed by atoms with Crippen molar-refractivity contribution >= 4 is 11.9 Å². The molecule has 1 aliphatic carbocycles. The van der Waals surface area contributed by atoms with Crippen LogP contribution in [0.1, 0.15) is 39.6 Å². The largest absolute Gasteiger partial charge is 0.497 e. The quantitative estimate of drug-likeness (QED) is 0.873. The van der Waals surface area contributed by atoms with Gasteiger partial charge in [-0.25, -0.2) is 0 Å². The number of aromatic nitrogens is 2. The van der Waals surface area contributed by atoms with Gasteiger partial charge in [-0.15, -0.1) is 0 Å². The Morgan fingerprint density at radius 2 is 2.00 bits per heavy atom. The summed E-state index contributed by atoms with van der Waals surface area (Å²) < 4.78 is 5.16. The van der Waals surface area contributed by atoms with E-state index in [0.717, 1.165) is 41.8 Å². The Balaban J connectivity index is 1.58. The summed E-state index contributed by atoms with van der Waals surface area (Å²) >= 11 is 0. The van der Waals surface area contributed by atoms with E-state index in [2.05, 4.69) is 10.2 Å². The maximum absolute atomic E-state index is 12.9. The SMILES string of the molecule is COc1ccc([C@@H]2CN(C(=O)c3n[nH]c4c3CCC4)C[C@H]2C(=O)O)cc1. The second-order valence-corrected chi connectivity index (χ2v) is 6.92. The van der Waals surface area contributed by atoms with Crippen LogP contribution in [0.4, 0.5) is 0 Å². The third-order valence-corrected chi connectivity index (χ3v) is 5.48. The van der Waals surface area contributed by atoms with E-state index in [1.54, 1.807) is 12.0 Å². The van der Waals surface area contributed by atoms with Crippen molar-refractivity contribution in [3.63, 3.8) is 0 Å². The van der Waals surface area contributed by atoms with Gasteiger partial charge in [0.25, 0.3) is 5.91 Å². The average molecular weight is 355 g/mol. The summed E-state index contributed by atoms with van der Waals surface area (Å²) in [7, 11) is 1.59. The number of benzene rings is 1. The van der Waals surface area contributed by atoms with Crippen LogP contribution in [-0.2, 0) is 17.6 Å². The second kappa shape index (κ2) is 6.48. The van der Waals surface area contributed by atoms with Gasteiger partial charge in [0.2, 0.25) is 0 Å². The molecule has 1 amide bonds. The topological polar surface area (TPSA) is 95.5 Å². The molecule has 7 nitrogen and oxygen atoms in total. The minimum absolute atomic E-state index is 0.174. The van der Waals surface area contributed by atoms with Crippen molar-refractivity contribution in [1.82, 2.24) is 15.1 Å². The lowest BCUT2D eigenvalue weighted by molar-refractivity contribution is -0.141. The van der Waals surface area contributed by atoms with E-state index in [0.29, 0.717) is 12.2 Å². The summed E-state index contributed by atoms with van der Waals surface area (Å²) in [5.41, 5.74) is 3.39. The van der Waals surface area contributed by atoms with E-state index in [1.807, 2.05) is 24.3 Å².